The van der Waals surface area contributed by atoms with E-state index in [4.69, 9.17) is 0 Å². The van der Waals surface area contributed by atoms with Gasteiger partial charge in [0.25, 0.3) is 5.82 Å². The van der Waals surface area contributed by atoms with Crippen LogP contribution in [-0.4, -0.2) is 37.4 Å². The van der Waals surface area contributed by atoms with Crippen molar-refractivity contribution in [3.63, 3.8) is 0 Å². The molecular weight excluding hydrogens is 224 g/mol. The summed E-state index contributed by atoms with van der Waals surface area (Å²) in [7, 11) is -3.25. The standard InChI is InChI=1S/C7H10N2O5S/c1-3-13-7(10)6-8-5(14-9-6)4-15(2,11)12/h3-4H2,1-2H3. The first-order valence-corrected chi connectivity index (χ1v) is 6.16. The third-order valence-corrected chi connectivity index (χ3v) is 2.08. The fourth-order valence-corrected chi connectivity index (χ4v) is 1.38. The van der Waals surface area contributed by atoms with Crippen molar-refractivity contribution >= 4 is 15.8 Å². The first-order chi connectivity index (χ1) is 6.92. The molecule has 84 valence electrons. The van der Waals surface area contributed by atoms with Gasteiger partial charge in [0.15, 0.2) is 9.84 Å². The lowest BCUT2D eigenvalue weighted by Crippen LogP contribution is -2.07. The predicted molar refractivity (Wildman–Crippen MR) is 48.8 cm³/mol. The molecule has 15 heavy (non-hydrogen) atoms. The molecule has 0 saturated carbocycles. The molecule has 0 bridgehead atoms. The van der Waals surface area contributed by atoms with E-state index < -0.39 is 15.8 Å². The zero-order valence-electron chi connectivity index (χ0n) is 8.26. The number of esters is 1. The van der Waals surface area contributed by atoms with Crippen LogP contribution in [0.2, 0.25) is 0 Å². The van der Waals surface area contributed by atoms with Gasteiger partial charge in [-0.15, -0.1) is 0 Å². The molecule has 1 aromatic rings. The molecule has 0 aliphatic heterocycles. The van der Waals surface area contributed by atoms with Gasteiger partial charge in [0.1, 0.15) is 5.75 Å². The van der Waals surface area contributed by atoms with E-state index in [1.54, 1.807) is 6.92 Å². The second kappa shape index (κ2) is 4.39. The lowest BCUT2D eigenvalue weighted by atomic mass is 10.6. The van der Waals surface area contributed by atoms with Crippen molar-refractivity contribution in [2.75, 3.05) is 12.9 Å². The molecule has 0 saturated heterocycles. The van der Waals surface area contributed by atoms with Crippen molar-refractivity contribution in [1.82, 2.24) is 10.1 Å². The maximum Gasteiger partial charge on any atom is 0.379 e. The Morgan fingerprint density at radius 3 is 2.73 bits per heavy atom. The summed E-state index contributed by atoms with van der Waals surface area (Å²) < 4.78 is 30.9. The van der Waals surface area contributed by atoms with E-state index >= 15 is 0 Å². The molecule has 7 nitrogen and oxygen atoms in total. The molecule has 0 fully saturated rings. The molecule has 0 aliphatic carbocycles. The Morgan fingerprint density at radius 1 is 1.53 bits per heavy atom. The SMILES string of the molecule is CCOC(=O)c1noc(CS(C)(=O)=O)n1. The van der Waals surface area contributed by atoms with Gasteiger partial charge in [0.2, 0.25) is 5.89 Å². The second-order valence-electron chi connectivity index (χ2n) is 2.80. The Labute approximate surface area is 86.3 Å². The number of nitrogens with zero attached hydrogens (tertiary/aromatic N) is 2. The van der Waals surface area contributed by atoms with Crippen LogP contribution < -0.4 is 0 Å². The van der Waals surface area contributed by atoms with E-state index in [-0.39, 0.29) is 24.1 Å². The lowest BCUT2D eigenvalue weighted by Gasteiger charge is -1.93. The Balaban J connectivity index is 2.77. The van der Waals surface area contributed by atoms with Gasteiger partial charge in [-0.1, -0.05) is 0 Å². The molecule has 1 heterocycles. The molecule has 0 radical (unpaired) electrons. The Bertz CT molecular complexity index is 450. The summed E-state index contributed by atoms with van der Waals surface area (Å²) in [5.41, 5.74) is 0. The highest BCUT2D eigenvalue weighted by Crippen LogP contribution is 2.03. The summed E-state index contributed by atoms with van der Waals surface area (Å²) in [6.45, 7) is 1.82. The van der Waals surface area contributed by atoms with Gasteiger partial charge < -0.3 is 9.26 Å². The van der Waals surface area contributed by atoms with Crippen LogP contribution >= 0.6 is 0 Å². The Hall–Kier alpha value is -1.44. The van der Waals surface area contributed by atoms with Gasteiger partial charge in [-0.25, -0.2) is 13.2 Å². The lowest BCUT2D eigenvalue weighted by molar-refractivity contribution is 0.0508. The molecule has 0 aliphatic rings. The number of carbonyl (C=O) groups is 1. The van der Waals surface area contributed by atoms with Gasteiger partial charge in [-0.05, 0) is 12.1 Å². The second-order valence-corrected chi connectivity index (χ2v) is 4.94. The minimum atomic E-state index is -3.25. The van der Waals surface area contributed by atoms with Crippen LogP contribution in [0.25, 0.3) is 0 Å². The number of aromatic nitrogens is 2. The molecule has 0 N–H and O–H groups in total. The van der Waals surface area contributed by atoms with Crippen molar-refractivity contribution in [1.29, 1.82) is 0 Å². The summed E-state index contributed by atoms with van der Waals surface area (Å²) in [4.78, 5) is 14.6. The summed E-state index contributed by atoms with van der Waals surface area (Å²) in [5.74, 6) is -1.52. The van der Waals surface area contributed by atoms with Crippen LogP contribution in [0.4, 0.5) is 0 Å². The normalized spacial score (nSPS) is 11.3. The van der Waals surface area contributed by atoms with E-state index in [0.29, 0.717) is 0 Å². The quantitative estimate of drug-likeness (QED) is 0.664. The van der Waals surface area contributed by atoms with Gasteiger partial charge in [-0.3, -0.25) is 0 Å². The highest BCUT2D eigenvalue weighted by atomic mass is 32.2. The number of hydrogen-bond acceptors (Lipinski definition) is 7. The predicted octanol–water partition coefficient (Wildman–Crippen LogP) is -0.209. The minimum absolute atomic E-state index is 0.124. The Morgan fingerprint density at radius 2 is 2.20 bits per heavy atom. The zero-order valence-corrected chi connectivity index (χ0v) is 9.07. The molecule has 1 aromatic heterocycles. The topological polar surface area (TPSA) is 99.4 Å². The first kappa shape index (κ1) is 11.6. The van der Waals surface area contributed by atoms with Crippen molar-refractivity contribution in [3.05, 3.63) is 11.7 Å². The van der Waals surface area contributed by atoms with E-state index in [9.17, 15) is 13.2 Å². The molecule has 0 unspecified atom stereocenters. The maximum absolute atomic E-state index is 11.1. The first-order valence-electron chi connectivity index (χ1n) is 4.10. The summed E-state index contributed by atoms with van der Waals surface area (Å²) in [6, 6.07) is 0. The number of sulfone groups is 1. The van der Waals surface area contributed by atoms with Crippen LogP contribution in [0.3, 0.4) is 0 Å². The molecule has 0 atom stereocenters. The number of carbonyl (C=O) groups excluding carboxylic acids is 1. The fraction of sp³-hybridized carbons (Fsp3) is 0.571. The third-order valence-electron chi connectivity index (χ3n) is 1.31. The average molecular weight is 234 g/mol. The smallest absolute Gasteiger partial charge is 0.379 e. The van der Waals surface area contributed by atoms with Crippen molar-refractivity contribution in [2.24, 2.45) is 0 Å². The summed E-state index contributed by atoms with van der Waals surface area (Å²) in [5, 5.41) is 3.29. The molecule has 8 heteroatoms. The van der Waals surface area contributed by atoms with E-state index in [1.807, 2.05) is 0 Å². The molecule has 0 aromatic carbocycles. The van der Waals surface area contributed by atoms with Gasteiger partial charge in [0, 0.05) is 6.26 Å². The number of hydrogen-bond donors (Lipinski definition) is 0. The monoisotopic (exact) mass is 234 g/mol. The Kier molecular flexibility index (Phi) is 3.40. The molecular formula is C7H10N2O5S. The van der Waals surface area contributed by atoms with Crippen molar-refractivity contribution in [3.8, 4) is 0 Å². The van der Waals surface area contributed by atoms with Crippen molar-refractivity contribution < 1.29 is 22.5 Å². The van der Waals surface area contributed by atoms with Crippen LogP contribution in [0.5, 0.6) is 0 Å². The van der Waals surface area contributed by atoms with Gasteiger partial charge in [0.05, 0.1) is 6.61 Å². The van der Waals surface area contributed by atoms with Crippen LogP contribution in [-0.2, 0) is 20.3 Å². The molecule has 0 amide bonds. The fourth-order valence-electron chi connectivity index (χ4n) is 0.816. The highest BCUT2D eigenvalue weighted by molar-refractivity contribution is 7.89. The largest absolute Gasteiger partial charge is 0.460 e. The van der Waals surface area contributed by atoms with Gasteiger partial charge in [-0.2, -0.15) is 4.98 Å². The maximum atomic E-state index is 11.1. The van der Waals surface area contributed by atoms with Crippen LogP contribution in [0, 0.1) is 0 Å². The third kappa shape index (κ3) is 3.66. The molecule has 1 rings (SSSR count). The van der Waals surface area contributed by atoms with E-state index in [1.165, 1.54) is 0 Å². The molecule has 0 spiro atoms. The average Bonchev–Trinajstić information content (AvgIpc) is 2.50. The van der Waals surface area contributed by atoms with E-state index in [2.05, 4.69) is 19.4 Å². The summed E-state index contributed by atoms with van der Waals surface area (Å²) in [6.07, 6.45) is 1.03. The van der Waals surface area contributed by atoms with Gasteiger partial charge >= 0.3 is 5.97 Å². The van der Waals surface area contributed by atoms with Crippen LogP contribution in [0.1, 0.15) is 23.4 Å². The number of ether oxygens (including phenoxy) is 1. The number of rotatable bonds is 4. The summed E-state index contributed by atoms with van der Waals surface area (Å²) >= 11 is 0. The zero-order chi connectivity index (χ0) is 11.5. The van der Waals surface area contributed by atoms with Crippen LogP contribution in [0.15, 0.2) is 4.52 Å². The van der Waals surface area contributed by atoms with E-state index in [0.717, 1.165) is 6.26 Å². The highest BCUT2D eigenvalue weighted by Gasteiger charge is 2.17. The van der Waals surface area contributed by atoms with Crippen molar-refractivity contribution in [2.45, 2.75) is 12.7 Å². The minimum Gasteiger partial charge on any atom is -0.460 e.